The molecule has 2 heterocycles. The number of amides is 1. The molecule has 2 aromatic rings. The summed E-state index contributed by atoms with van der Waals surface area (Å²) in [6.45, 7) is 0. The van der Waals surface area contributed by atoms with Crippen LogP contribution in [0.2, 0.25) is 0 Å². The van der Waals surface area contributed by atoms with Crippen molar-refractivity contribution >= 4 is 26.8 Å². The van der Waals surface area contributed by atoms with Gasteiger partial charge in [0.15, 0.2) is 0 Å². The van der Waals surface area contributed by atoms with Gasteiger partial charge >= 0.3 is 0 Å². The van der Waals surface area contributed by atoms with Crippen LogP contribution in [0.5, 0.6) is 0 Å². The highest BCUT2D eigenvalue weighted by molar-refractivity contribution is 7.89. The van der Waals surface area contributed by atoms with Crippen LogP contribution in [-0.4, -0.2) is 31.4 Å². The molecule has 0 unspecified atom stereocenters. The third kappa shape index (κ3) is 2.69. The van der Waals surface area contributed by atoms with E-state index < -0.39 is 15.8 Å². The predicted molar refractivity (Wildman–Crippen MR) is 86.3 cm³/mol. The molecule has 24 heavy (non-hydrogen) atoms. The first-order chi connectivity index (χ1) is 11.5. The molecule has 2 fully saturated rings. The van der Waals surface area contributed by atoms with Crippen molar-refractivity contribution in [2.45, 2.75) is 42.7 Å². The van der Waals surface area contributed by atoms with Gasteiger partial charge in [0, 0.05) is 30.2 Å². The monoisotopic (exact) mass is 351 g/mol. The Morgan fingerprint density at radius 1 is 1.21 bits per heavy atom. The van der Waals surface area contributed by atoms with Crippen molar-refractivity contribution < 1.29 is 17.6 Å². The summed E-state index contributed by atoms with van der Waals surface area (Å²) in [4.78, 5) is 14.3. The predicted octanol–water partition coefficient (Wildman–Crippen LogP) is 1.64. The second kappa shape index (κ2) is 5.56. The number of carbonyl (C=O) groups is 1. The fourth-order valence-electron chi connectivity index (χ4n) is 3.44. The van der Waals surface area contributed by atoms with Gasteiger partial charge in [-0.3, -0.25) is 4.79 Å². The molecule has 1 saturated heterocycles. The van der Waals surface area contributed by atoms with E-state index in [4.69, 9.17) is 0 Å². The Morgan fingerprint density at radius 3 is 2.75 bits per heavy atom. The minimum absolute atomic E-state index is 0.0412. The van der Waals surface area contributed by atoms with Gasteiger partial charge in [0.1, 0.15) is 10.7 Å². The van der Waals surface area contributed by atoms with Gasteiger partial charge in [0.25, 0.3) is 0 Å². The number of aromatic nitrogens is 1. The first-order valence-corrected chi connectivity index (χ1v) is 9.51. The van der Waals surface area contributed by atoms with Crippen LogP contribution < -0.4 is 10.0 Å². The number of piperidine rings is 1. The standard InChI is InChI=1S/C16H18FN3O3S/c17-10-2-1-3-11-15(10)13(8-18-11)24(22,23)20-12-6-7-14(21)19-16(12)9-4-5-9/h1-3,8-9,12,16,18,20H,4-7H2,(H,19,21)/t12-,16+/m1/s1. The maximum absolute atomic E-state index is 14.1. The van der Waals surface area contributed by atoms with Crippen LogP contribution in [0.25, 0.3) is 10.9 Å². The van der Waals surface area contributed by atoms with Gasteiger partial charge in [-0.25, -0.2) is 17.5 Å². The van der Waals surface area contributed by atoms with Crippen LogP contribution in [0.15, 0.2) is 29.3 Å². The second-order valence-corrected chi connectivity index (χ2v) is 8.19. The zero-order chi connectivity index (χ0) is 16.9. The largest absolute Gasteiger partial charge is 0.360 e. The molecule has 1 aromatic heterocycles. The molecular weight excluding hydrogens is 333 g/mol. The first-order valence-electron chi connectivity index (χ1n) is 8.03. The van der Waals surface area contributed by atoms with E-state index in [1.807, 2.05) is 0 Å². The summed E-state index contributed by atoms with van der Waals surface area (Å²) in [5.41, 5.74) is 0.436. The van der Waals surface area contributed by atoms with Crippen LogP contribution in [0.4, 0.5) is 4.39 Å². The Kier molecular flexibility index (Phi) is 3.61. The molecule has 128 valence electrons. The van der Waals surface area contributed by atoms with Gasteiger partial charge in [-0.15, -0.1) is 0 Å². The summed E-state index contributed by atoms with van der Waals surface area (Å²) in [6, 6.07) is 3.85. The normalized spacial score (nSPS) is 25.0. The molecule has 0 spiro atoms. The molecule has 1 saturated carbocycles. The lowest BCUT2D eigenvalue weighted by Gasteiger charge is -2.32. The van der Waals surface area contributed by atoms with Crippen molar-refractivity contribution in [1.29, 1.82) is 0 Å². The van der Waals surface area contributed by atoms with Crippen LogP contribution in [0.1, 0.15) is 25.7 Å². The molecule has 4 rings (SSSR count). The Balaban J connectivity index is 1.66. The Hall–Kier alpha value is -1.93. The van der Waals surface area contributed by atoms with Crippen molar-refractivity contribution in [3.8, 4) is 0 Å². The molecule has 8 heteroatoms. The van der Waals surface area contributed by atoms with E-state index in [0.29, 0.717) is 24.3 Å². The number of benzene rings is 1. The molecular formula is C16H18FN3O3S. The van der Waals surface area contributed by atoms with Crippen LogP contribution in [0, 0.1) is 11.7 Å². The van der Waals surface area contributed by atoms with Crippen molar-refractivity contribution in [1.82, 2.24) is 15.0 Å². The van der Waals surface area contributed by atoms with Gasteiger partial charge in [0.2, 0.25) is 15.9 Å². The second-order valence-electron chi connectivity index (χ2n) is 6.51. The van der Waals surface area contributed by atoms with Crippen LogP contribution in [0.3, 0.4) is 0 Å². The van der Waals surface area contributed by atoms with E-state index in [1.54, 1.807) is 6.07 Å². The number of hydrogen-bond acceptors (Lipinski definition) is 3. The van der Waals surface area contributed by atoms with E-state index in [9.17, 15) is 17.6 Å². The SMILES string of the molecule is O=C1CC[C@@H](NS(=O)(=O)c2c[nH]c3cccc(F)c23)[C@H](C2CC2)N1. The fourth-order valence-corrected chi connectivity index (χ4v) is 4.92. The Bertz CT molecular complexity index is 904. The summed E-state index contributed by atoms with van der Waals surface area (Å²) in [6.07, 6.45) is 4.04. The summed E-state index contributed by atoms with van der Waals surface area (Å²) in [7, 11) is -3.89. The number of carbonyl (C=O) groups excluding carboxylic acids is 1. The quantitative estimate of drug-likeness (QED) is 0.782. The number of hydrogen-bond donors (Lipinski definition) is 3. The highest BCUT2D eigenvalue weighted by atomic mass is 32.2. The molecule has 2 aliphatic rings. The lowest BCUT2D eigenvalue weighted by atomic mass is 9.95. The first kappa shape index (κ1) is 15.6. The molecule has 1 aliphatic heterocycles. The van der Waals surface area contributed by atoms with E-state index in [-0.39, 0.29) is 28.3 Å². The van der Waals surface area contributed by atoms with E-state index >= 15 is 0 Å². The average molecular weight is 351 g/mol. The van der Waals surface area contributed by atoms with E-state index in [0.717, 1.165) is 12.8 Å². The fraction of sp³-hybridized carbons (Fsp3) is 0.438. The summed E-state index contributed by atoms with van der Waals surface area (Å²) >= 11 is 0. The van der Waals surface area contributed by atoms with Crippen molar-refractivity contribution in [2.75, 3.05) is 0 Å². The Morgan fingerprint density at radius 2 is 2.00 bits per heavy atom. The van der Waals surface area contributed by atoms with Crippen LogP contribution in [-0.2, 0) is 14.8 Å². The van der Waals surface area contributed by atoms with Gasteiger partial charge in [0.05, 0.1) is 5.39 Å². The van der Waals surface area contributed by atoms with Crippen molar-refractivity contribution in [2.24, 2.45) is 5.92 Å². The summed E-state index contributed by atoms with van der Waals surface area (Å²) in [5, 5.41) is 2.96. The van der Waals surface area contributed by atoms with Crippen LogP contribution >= 0.6 is 0 Å². The third-order valence-corrected chi connectivity index (χ3v) is 6.30. The number of rotatable bonds is 4. The van der Waals surface area contributed by atoms with Gasteiger partial charge < -0.3 is 10.3 Å². The lowest BCUT2D eigenvalue weighted by Crippen LogP contribution is -2.56. The highest BCUT2D eigenvalue weighted by Gasteiger charge is 2.41. The van der Waals surface area contributed by atoms with Gasteiger partial charge in [-0.2, -0.15) is 0 Å². The van der Waals surface area contributed by atoms with Crippen molar-refractivity contribution in [3.63, 3.8) is 0 Å². The molecule has 1 amide bonds. The Labute approximate surface area is 138 Å². The maximum atomic E-state index is 14.1. The van der Waals surface area contributed by atoms with Crippen molar-refractivity contribution in [3.05, 3.63) is 30.2 Å². The number of nitrogens with one attached hydrogen (secondary N) is 3. The summed E-state index contributed by atoms with van der Waals surface area (Å²) < 4.78 is 42.3. The van der Waals surface area contributed by atoms with E-state index in [1.165, 1.54) is 18.3 Å². The zero-order valence-corrected chi connectivity index (χ0v) is 13.7. The topological polar surface area (TPSA) is 91.1 Å². The molecule has 6 nitrogen and oxygen atoms in total. The van der Waals surface area contributed by atoms with Gasteiger partial charge in [-0.05, 0) is 37.3 Å². The smallest absolute Gasteiger partial charge is 0.243 e. The number of fused-ring (bicyclic) bond motifs is 1. The number of aromatic amines is 1. The zero-order valence-electron chi connectivity index (χ0n) is 12.9. The molecule has 2 atom stereocenters. The number of halogens is 1. The minimum Gasteiger partial charge on any atom is -0.360 e. The molecule has 1 aliphatic carbocycles. The minimum atomic E-state index is -3.89. The highest BCUT2D eigenvalue weighted by Crippen LogP contribution is 2.36. The maximum Gasteiger partial charge on any atom is 0.243 e. The molecule has 3 N–H and O–H groups in total. The lowest BCUT2D eigenvalue weighted by molar-refractivity contribution is -0.123. The van der Waals surface area contributed by atoms with Gasteiger partial charge in [-0.1, -0.05) is 6.07 Å². The average Bonchev–Trinajstić information content (AvgIpc) is 3.27. The van der Waals surface area contributed by atoms with E-state index in [2.05, 4.69) is 15.0 Å². The third-order valence-electron chi connectivity index (χ3n) is 4.79. The summed E-state index contributed by atoms with van der Waals surface area (Å²) in [5.74, 6) is -0.299. The molecule has 0 radical (unpaired) electrons. The molecule has 0 bridgehead atoms. The number of sulfonamides is 1. The molecule has 1 aromatic carbocycles. The number of H-pyrrole nitrogens is 1.